The van der Waals surface area contributed by atoms with Crippen molar-refractivity contribution in [3.05, 3.63) is 61.9 Å². The highest BCUT2D eigenvalue weighted by molar-refractivity contribution is 5.97. The molecule has 148 valence electrons. The molecule has 0 aliphatic heterocycles. The van der Waals surface area contributed by atoms with E-state index in [-0.39, 0.29) is 29.4 Å². The Labute approximate surface area is 160 Å². The van der Waals surface area contributed by atoms with Crippen molar-refractivity contribution in [2.24, 2.45) is 0 Å². The summed E-state index contributed by atoms with van der Waals surface area (Å²) in [7, 11) is 0. The molecule has 1 aliphatic rings. The predicted molar refractivity (Wildman–Crippen MR) is 104 cm³/mol. The van der Waals surface area contributed by atoms with Crippen LogP contribution < -0.4 is 27.6 Å². The Kier molecular flexibility index (Phi) is 5.62. The van der Waals surface area contributed by atoms with E-state index >= 15 is 0 Å². The summed E-state index contributed by atoms with van der Waals surface area (Å²) in [6, 6.07) is 7.31. The maximum Gasteiger partial charge on any atom is 0.326 e. The molecule has 1 saturated carbocycles. The Balaban J connectivity index is 1.54. The Morgan fingerprint density at radius 3 is 2.21 bits per heavy atom. The van der Waals surface area contributed by atoms with Crippen LogP contribution in [-0.4, -0.2) is 33.9 Å². The zero-order valence-electron chi connectivity index (χ0n) is 15.5. The quantitative estimate of drug-likeness (QED) is 0.517. The number of amides is 2. The van der Waals surface area contributed by atoms with Gasteiger partial charge < -0.3 is 21.4 Å². The zero-order chi connectivity index (χ0) is 20.3. The first-order valence-corrected chi connectivity index (χ1v) is 9.14. The summed E-state index contributed by atoms with van der Waals surface area (Å²) in [6.07, 6.45) is 2.75. The number of nitrogens with one attached hydrogen (secondary N) is 4. The molecule has 1 heterocycles. The fourth-order valence-corrected chi connectivity index (χ4v) is 3.37. The van der Waals surface area contributed by atoms with Gasteiger partial charge in [-0.05, 0) is 44.7 Å². The molecule has 0 radical (unpaired) electrons. The van der Waals surface area contributed by atoms with Gasteiger partial charge in [-0.2, -0.15) is 0 Å². The Morgan fingerprint density at radius 1 is 1.00 bits per heavy atom. The standard InChI is InChI=1S/C19H23N5O4/c1-10-3-2-4-11(9-10)16(25)21-12-5-7-13(8-6-12)22-18(27)15-14(20)17(26)24-19(28)23-15/h2-4,9,12-13H,5-8,20H2,1H3,(H,21,25)(H,22,27)(H2,23,24,26,28). The van der Waals surface area contributed by atoms with Gasteiger partial charge >= 0.3 is 5.69 Å². The highest BCUT2D eigenvalue weighted by Crippen LogP contribution is 2.20. The number of aromatic nitrogens is 2. The molecular weight excluding hydrogens is 362 g/mol. The van der Waals surface area contributed by atoms with Crippen molar-refractivity contribution in [3.8, 4) is 0 Å². The molecule has 28 heavy (non-hydrogen) atoms. The lowest BCUT2D eigenvalue weighted by atomic mass is 9.90. The second-order valence-electron chi connectivity index (χ2n) is 7.06. The molecule has 2 amide bonds. The van der Waals surface area contributed by atoms with Gasteiger partial charge in [0.2, 0.25) is 0 Å². The normalized spacial score (nSPS) is 19.0. The first-order chi connectivity index (χ1) is 13.3. The van der Waals surface area contributed by atoms with Crippen molar-refractivity contribution in [2.75, 3.05) is 5.73 Å². The van der Waals surface area contributed by atoms with E-state index in [1.54, 1.807) is 6.07 Å². The summed E-state index contributed by atoms with van der Waals surface area (Å²) >= 11 is 0. The third-order valence-electron chi connectivity index (χ3n) is 4.88. The van der Waals surface area contributed by atoms with Gasteiger partial charge in [0.05, 0.1) is 0 Å². The number of H-pyrrole nitrogens is 2. The number of benzene rings is 1. The van der Waals surface area contributed by atoms with Crippen molar-refractivity contribution in [1.82, 2.24) is 20.6 Å². The number of aryl methyl sites for hydroxylation is 1. The number of rotatable bonds is 4. The fraction of sp³-hybridized carbons (Fsp3) is 0.368. The number of hydrogen-bond donors (Lipinski definition) is 5. The number of carbonyl (C=O) groups is 2. The predicted octanol–water partition coefficient (Wildman–Crippen LogP) is 0.425. The summed E-state index contributed by atoms with van der Waals surface area (Å²) in [4.78, 5) is 51.8. The molecule has 0 atom stereocenters. The largest absolute Gasteiger partial charge is 0.392 e. The van der Waals surface area contributed by atoms with Crippen molar-refractivity contribution < 1.29 is 9.59 Å². The minimum Gasteiger partial charge on any atom is -0.392 e. The number of hydrogen-bond acceptors (Lipinski definition) is 5. The summed E-state index contributed by atoms with van der Waals surface area (Å²) in [5.74, 6) is -0.696. The molecule has 9 heteroatoms. The van der Waals surface area contributed by atoms with E-state index < -0.39 is 17.2 Å². The molecular formula is C19H23N5O4. The Morgan fingerprint density at radius 2 is 1.61 bits per heavy atom. The number of aromatic amines is 2. The van der Waals surface area contributed by atoms with Crippen LogP contribution in [0.1, 0.15) is 52.1 Å². The molecule has 0 unspecified atom stereocenters. The van der Waals surface area contributed by atoms with Gasteiger partial charge in [0.1, 0.15) is 11.4 Å². The molecule has 0 spiro atoms. The van der Waals surface area contributed by atoms with Crippen LogP contribution in [0.5, 0.6) is 0 Å². The minimum absolute atomic E-state index is 0.0330. The minimum atomic E-state index is -0.795. The topological polar surface area (TPSA) is 150 Å². The van der Waals surface area contributed by atoms with Crippen LogP contribution in [0.2, 0.25) is 0 Å². The molecule has 1 aromatic carbocycles. The van der Waals surface area contributed by atoms with E-state index in [1.807, 2.05) is 30.1 Å². The first-order valence-electron chi connectivity index (χ1n) is 9.14. The average Bonchev–Trinajstić information content (AvgIpc) is 2.66. The number of nitrogen functional groups attached to an aromatic ring is 1. The summed E-state index contributed by atoms with van der Waals surface area (Å²) < 4.78 is 0. The summed E-state index contributed by atoms with van der Waals surface area (Å²) in [5, 5.41) is 5.82. The molecule has 2 aromatic rings. The monoisotopic (exact) mass is 385 g/mol. The number of carbonyl (C=O) groups excluding carboxylic acids is 2. The van der Waals surface area contributed by atoms with Crippen LogP contribution in [0, 0.1) is 6.92 Å². The second kappa shape index (κ2) is 8.12. The first kappa shape index (κ1) is 19.4. The molecule has 1 fully saturated rings. The third kappa shape index (κ3) is 4.48. The highest BCUT2D eigenvalue weighted by atomic mass is 16.2. The van der Waals surface area contributed by atoms with E-state index in [0.29, 0.717) is 31.2 Å². The lowest BCUT2D eigenvalue weighted by Gasteiger charge is -2.29. The fourth-order valence-electron chi connectivity index (χ4n) is 3.37. The van der Waals surface area contributed by atoms with Gasteiger partial charge in [-0.15, -0.1) is 0 Å². The van der Waals surface area contributed by atoms with Gasteiger partial charge in [0, 0.05) is 17.6 Å². The van der Waals surface area contributed by atoms with Crippen molar-refractivity contribution in [2.45, 2.75) is 44.7 Å². The maximum atomic E-state index is 12.3. The lowest BCUT2D eigenvalue weighted by molar-refractivity contribution is 0.0889. The van der Waals surface area contributed by atoms with Gasteiger partial charge in [0.15, 0.2) is 0 Å². The van der Waals surface area contributed by atoms with Crippen molar-refractivity contribution >= 4 is 17.5 Å². The smallest absolute Gasteiger partial charge is 0.326 e. The van der Waals surface area contributed by atoms with Crippen LogP contribution in [-0.2, 0) is 0 Å². The Hall–Kier alpha value is -3.36. The van der Waals surface area contributed by atoms with E-state index in [0.717, 1.165) is 5.56 Å². The zero-order valence-corrected chi connectivity index (χ0v) is 15.5. The molecule has 0 bridgehead atoms. The molecule has 9 nitrogen and oxygen atoms in total. The van der Waals surface area contributed by atoms with Crippen LogP contribution in [0.25, 0.3) is 0 Å². The molecule has 1 aromatic heterocycles. The number of nitrogens with two attached hydrogens (primary N) is 1. The van der Waals surface area contributed by atoms with E-state index in [2.05, 4.69) is 15.6 Å². The van der Waals surface area contributed by atoms with Gasteiger partial charge in [0.25, 0.3) is 17.4 Å². The van der Waals surface area contributed by atoms with Crippen LogP contribution in [0.4, 0.5) is 5.69 Å². The third-order valence-corrected chi connectivity index (χ3v) is 4.88. The van der Waals surface area contributed by atoms with E-state index in [9.17, 15) is 19.2 Å². The summed E-state index contributed by atoms with van der Waals surface area (Å²) in [6.45, 7) is 1.94. The molecule has 6 N–H and O–H groups in total. The second-order valence-corrected chi connectivity index (χ2v) is 7.06. The highest BCUT2D eigenvalue weighted by Gasteiger charge is 2.25. The number of anilines is 1. The summed E-state index contributed by atoms with van der Waals surface area (Å²) in [5.41, 5.74) is 5.10. The van der Waals surface area contributed by atoms with Gasteiger partial charge in [-0.1, -0.05) is 17.7 Å². The lowest BCUT2D eigenvalue weighted by Crippen LogP contribution is -2.44. The van der Waals surface area contributed by atoms with Gasteiger partial charge in [-0.3, -0.25) is 19.4 Å². The molecule has 0 saturated heterocycles. The van der Waals surface area contributed by atoms with Crippen LogP contribution >= 0.6 is 0 Å². The SMILES string of the molecule is Cc1cccc(C(=O)NC2CCC(NC(=O)c3[nH]c(=O)[nH]c(=O)c3N)CC2)c1. The van der Waals surface area contributed by atoms with Crippen molar-refractivity contribution in [1.29, 1.82) is 0 Å². The molecule has 1 aliphatic carbocycles. The average molecular weight is 385 g/mol. The molecule has 3 rings (SSSR count). The van der Waals surface area contributed by atoms with Crippen LogP contribution in [0.15, 0.2) is 33.9 Å². The van der Waals surface area contributed by atoms with E-state index in [4.69, 9.17) is 5.73 Å². The van der Waals surface area contributed by atoms with E-state index in [1.165, 1.54) is 0 Å². The maximum absolute atomic E-state index is 12.3. The van der Waals surface area contributed by atoms with Crippen LogP contribution in [0.3, 0.4) is 0 Å². The van der Waals surface area contributed by atoms with Gasteiger partial charge in [-0.25, -0.2) is 4.79 Å². The Bertz CT molecular complexity index is 1000. The van der Waals surface area contributed by atoms with Crippen molar-refractivity contribution in [3.63, 3.8) is 0 Å².